The van der Waals surface area contributed by atoms with Gasteiger partial charge in [-0.15, -0.1) is 0 Å². The molecule has 4 aliphatic rings. The largest absolute Gasteiger partial charge is 0.471 e. The lowest BCUT2D eigenvalue weighted by Gasteiger charge is -2.35. The van der Waals surface area contributed by atoms with Crippen LogP contribution in [0.25, 0.3) is 22.1 Å². The van der Waals surface area contributed by atoms with Crippen molar-refractivity contribution in [2.75, 3.05) is 38.0 Å². The van der Waals surface area contributed by atoms with E-state index < -0.39 is 143 Å². The van der Waals surface area contributed by atoms with Gasteiger partial charge < -0.3 is 59.1 Å². The average Bonchev–Trinajstić information content (AvgIpc) is 1.42. The van der Waals surface area contributed by atoms with Crippen LogP contribution >= 0.6 is 31.9 Å². The number of alkyl carbamates (subject to hydrolysis) is 2. The standard InChI is InChI=1S/2C30H37BrF2N4O7/c2*1-29(2,3)24(36-28(41)44-22-12-7-11-21(22)38)26(39)37-16-17(15-20(37)27(40)42-4)43-25-23(30(32,33)13-8-14-31)34-18-9-5-6-10-19(18)35-25/h2*5-6,8-10,13,17,20-22,24,38H,7,11-12,14-16H2,1-4H3,(H,36,41)/b2*13-8+/t2*17-,20+,21-,22-,24-/m11/s1. The summed E-state index contributed by atoms with van der Waals surface area (Å²) in [6.45, 7) is 10.0. The molecule has 4 heterocycles. The number of carbonyl (C=O) groups excluding carboxylic acids is 6. The van der Waals surface area contributed by atoms with Crippen LogP contribution in [0.5, 0.6) is 11.8 Å². The van der Waals surface area contributed by atoms with E-state index in [-0.39, 0.29) is 47.6 Å². The molecular weight excluding hydrogens is 1290 g/mol. The zero-order valence-corrected chi connectivity index (χ0v) is 53.1. The highest BCUT2D eigenvalue weighted by atomic mass is 79.9. The molecule has 2 aliphatic heterocycles. The molecule has 480 valence electrons. The van der Waals surface area contributed by atoms with Gasteiger partial charge in [0.05, 0.1) is 61.6 Å². The van der Waals surface area contributed by atoms with Crippen molar-refractivity contribution >= 4 is 89.9 Å². The number of aliphatic hydroxyl groups is 2. The van der Waals surface area contributed by atoms with E-state index in [1.54, 1.807) is 90.1 Å². The molecule has 2 saturated heterocycles. The van der Waals surface area contributed by atoms with Crippen molar-refractivity contribution < 1.29 is 85.0 Å². The van der Waals surface area contributed by atoms with Gasteiger partial charge in [-0.2, -0.15) is 17.6 Å². The third-order valence-corrected chi connectivity index (χ3v) is 16.0. The van der Waals surface area contributed by atoms with E-state index in [1.165, 1.54) is 36.2 Å². The van der Waals surface area contributed by atoms with Gasteiger partial charge in [0.15, 0.2) is 11.4 Å². The lowest BCUT2D eigenvalue weighted by atomic mass is 9.85. The number of methoxy groups -OCH3 is 2. The van der Waals surface area contributed by atoms with Gasteiger partial charge in [-0.25, -0.2) is 39.1 Å². The molecule has 28 heteroatoms. The molecule has 10 atom stereocenters. The van der Waals surface area contributed by atoms with Gasteiger partial charge in [0.1, 0.15) is 48.6 Å². The van der Waals surface area contributed by atoms with Gasteiger partial charge in [0, 0.05) is 23.5 Å². The number of nitrogens with zero attached hydrogens (tertiary/aromatic N) is 6. The summed E-state index contributed by atoms with van der Waals surface area (Å²) >= 11 is 6.20. The number of likely N-dealkylation sites (tertiary alicyclic amines) is 2. The fourth-order valence-electron chi connectivity index (χ4n) is 10.7. The Morgan fingerprint density at radius 3 is 1.23 bits per heavy atom. The van der Waals surface area contributed by atoms with Crippen molar-refractivity contribution in [1.29, 1.82) is 0 Å². The van der Waals surface area contributed by atoms with Crippen molar-refractivity contribution in [2.24, 2.45) is 10.8 Å². The highest BCUT2D eigenvalue weighted by Crippen LogP contribution is 2.40. The number of alkyl halides is 6. The number of aromatic nitrogens is 4. The van der Waals surface area contributed by atoms with Crippen LogP contribution < -0.4 is 20.1 Å². The normalized spacial score (nSPS) is 23.1. The van der Waals surface area contributed by atoms with E-state index in [1.807, 2.05) is 0 Å². The summed E-state index contributed by atoms with van der Waals surface area (Å²) < 4.78 is 93.9. The highest BCUT2D eigenvalue weighted by Gasteiger charge is 2.50. The smallest absolute Gasteiger partial charge is 0.408 e. The number of nitrogens with one attached hydrogen (secondary N) is 2. The second-order valence-electron chi connectivity index (χ2n) is 23.9. The average molecular weight is 1370 g/mol. The zero-order valence-electron chi connectivity index (χ0n) is 49.9. The van der Waals surface area contributed by atoms with Crippen molar-refractivity contribution in [3.63, 3.8) is 0 Å². The molecule has 2 aliphatic carbocycles. The van der Waals surface area contributed by atoms with E-state index in [0.29, 0.717) is 61.7 Å². The maximum Gasteiger partial charge on any atom is 0.408 e. The Kier molecular flexibility index (Phi) is 22.8. The second kappa shape index (κ2) is 29.2. The first-order valence-electron chi connectivity index (χ1n) is 28.7. The zero-order chi connectivity index (χ0) is 64.5. The summed E-state index contributed by atoms with van der Waals surface area (Å²) in [6.07, 6.45) is 0.598. The molecule has 88 heavy (non-hydrogen) atoms. The highest BCUT2D eigenvalue weighted by molar-refractivity contribution is 9.09. The molecule has 8 rings (SSSR count). The topological polar surface area (TPSA) is 280 Å². The molecule has 0 radical (unpaired) electrons. The van der Waals surface area contributed by atoms with Crippen LogP contribution in [0.4, 0.5) is 27.2 Å². The third kappa shape index (κ3) is 16.9. The van der Waals surface area contributed by atoms with E-state index in [0.717, 1.165) is 0 Å². The van der Waals surface area contributed by atoms with Gasteiger partial charge in [-0.3, -0.25) is 9.59 Å². The third-order valence-electron chi connectivity index (χ3n) is 15.2. The monoisotopic (exact) mass is 1360 g/mol. The van der Waals surface area contributed by atoms with Crippen LogP contribution in [0.1, 0.15) is 104 Å². The summed E-state index contributed by atoms with van der Waals surface area (Å²) in [4.78, 5) is 98.5. The predicted molar refractivity (Wildman–Crippen MR) is 319 cm³/mol. The predicted octanol–water partition coefficient (Wildman–Crippen LogP) is 8.50. The first-order valence-corrected chi connectivity index (χ1v) is 30.9. The Morgan fingerprint density at radius 2 is 0.932 bits per heavy atom. The summed E-state index contributed by atoms with van der Waals surface area (Å²) in [5, 5.41) is 25.7. The quantitative estimate of drug-likeness (QED) is 0.0239. The first-order chi connectivity index (χ1) is 41.5. The van der Waals surface area contributed by atoms with Gasteiger partial charge in [-0.1, -0.05) is 110 Å². The van der Waals surface area contributed by atoms with Crippen molar-refractivity contribution in [3.05, 3.63) is 84.2 Å². The molecule has 22 nitrogen and oxygen atoms in total. The van der Waals surface area contributed by atoms with Gasteiger partial charge in [0.2, 0.25) is 23.6 Å². The lowest BCUT2D eigenvalue weighted by Crippen LogP contribution is -2.57. The second-order valence-corrected chi connectivity index (χ2v) is 25.2. The Morgan fingerprint density at radius 1 is 0.591 bits per heavy atom. The molecule has 0 bridgehead atoms. The number of hydrogen-bond acceptors (Lipinski definition) is 18. The molecular formula is C60H74Br2F4N8O14. The van der Waals surface area contributed by atoms with Crippen LogP contribution in [0, 0.1) is 10.8 Å². The Bertz CT molecular complexity index is 3020. The number of para-hydroxylation sites is 4. The number of carbonyl (C=O) groups is 6. The first kappa shape index (κ1) is 68.7. The van der Waals surface area contributed by atoms with E-state index >= 15 is 17.6 Å². The molecule has 0 spiro atoms. The number of halogens is 6. The summed E-state index contributed by atoms with van der Waals surface area (Å²) in [5.74, 6) is -10.6. The van der Waals surface area contributed by atoms with Gasteiger partial charge >= 0.3 is 36.0 Å². The number of aliphatic hydroxyl groups excluding tert-OH is 2. The summed E-state index contributed by atoms with van der Waals surface area (Å²) in [7, 11) is 2.35. The molecule has 4 amide bonds. The molecule has 0 unspecified atom stereocenters. The maximum atomic E-state index is 15.3. The Balaban J connectivity index is 0.000000251. The van der Waals surface area contributed by atoms with Crippen LogP contribution in [-0.2, 0) is 50.0 Å². The van der Waals surface area contributed by atoms with E-state index in [9.17, 15) is 39.0 Å². The van der Waals surface area contributed by atoms with Crippen molar-refractivity contribution in [3.8, 4) is 11.8 Å². The van der Waals surface area contributed by atoms with E-state index in [2.05, 4.69) is 62.4 Å². The number of hydrogen-bond donors (Lipinski definition) is 4. The number of benzene rings is 2. The minimum absolute atomic E-state index is 0.0786. The minimum Gasteiger partial charge on any atom is -0.471 e. The van der Waals surface area contributed by atoms with Gasteiger partial charge in [-0.05, 0) is 85.8 Å². The molecule has 4 aromatic rings. The lowest BCUT2D eigenvalue weighted by molar-refractivity contribution is -0.152. The number of rotatable bonds is 18. The fraction of sp³-hybridized carbons (Fsp3) is 0.567. The number of esters is 2. The number of amides is 4. The van der Waals surface area contributed by atoms with Crippen LogP contribution in [0.3, 0.4) is 0 Å². The Labute approximate surface area is 523 Å². The van der Waals surface area contributed by atoms with Gasteiger partial charge in [0.25, 0.3) is 0 Å². The van der Waals surface area contributed by atoms with E-state index in [4.69, 9.17) is 28.4 Å². The van der Waals surface area contributed by atoms with Crippen LogP contribution in [0.15, 0.2) is 72.8 Å². The molecule has 2 aromatic carbocycles. The number of allylic oxidation sites excluding steroid dienone is 4. The SMILES string of the molecule is COC(=O)[C@@H]1C[C@@H](Oc2nc3ccccc3nc2C(F)(F)/C=C/CBr)CN1C(=O)[C@@H](NC(=O)O[C@@H]1CCC[C@H]1O)C(C)(C)C.COC(=O)[C@@H]1C[C@@H](Oc2nc3ccccc3nc2C(F)(F)/C=C/CBr)CN1C(=O)[C@@H](NC(=O)O[C@@H]1CCC[C@H]1O)C(C)(C)C. The van der Waals surface area contributed by atoms with Crippen LogP contribution in [0.2, 0.25) is 0 Å². The number of ether oxygens (including phenoxy) is 6. The van der Waals surface area contributed by atoms with Crippen molar-refractivity contribution in [1.82, 2.24) is 40.4 Å². The summed E-state index contributed by atoms with van der Waals surface area (Å²) in [6, 6.07) is 8.47. The molecule has 2 aromatic heterocycles. The Hall–Kier alpha value is -6.78. The number of fused-ring (bicyclic) bond motifs is 2. The van der Waals surface area contributed by atoms with Crippen LogP contribution in [-0.4, -0.2) is 175 Å². The fourth-order valence-corrected chi connectivity index (χ4v) is 11.1. The summed E-state index contributed by atoms with van der Waals surface area (Å²) in [5.41, 5.74) is -1.94. The minimum atomic E-state index is -3.54. The molecule has 4 N–H and O–H groups in total. The molecule has 4 fully saturated rings. The maximum absolute atomic E-state index is 15.3. The molecule has 2 saturated carbocycles. The van der Waals surface area contributed by atoms with Crippen molar-refractivity contribution in [2.45, 2.75) is 166 Å².